The summed E-state index contributed by atoms with van der Waals surface area (Å²) in [7, 11) is 1.36. The minimum atomic E-state index is -0.366. The van der Waals surface area contributed by atoms with E-state index in [0.717, 1.165) is 27.5 Å². The van der Waals surface area contributed by atoms with Crippen molar-refractivity contribution in [1.29, 1.82) is 0 Å². The third-order valence-corrected chi connectivity index (χ3v) is 3.75. The Kier molecular flexibility index (Phi) is 3.39. The average Bonchev–Trinajstić information content (AvgIpc) is 2.92. The highest BCUT2D eigenvalue weighted by Crippen LogP contribution is 2.24. The van der Waals surface area contributed by atoms with Crippen molar-refractivity contribution in [3.05, 3.63) is 58.9 Å². The number of benzene rings is 1. The number of pyridine rings is 1. The number of methoxy groups -OCH3 is 1. The minimum Gasteiger partial charge on any atom is -0.465 e. The summed E-state index contributed by atoms with van der Waals surface area (Å²) in [6.45, 7) is 1.96. The van der Waals surface area contributed by atoms with E-state index in [9.17, 15) is 4.79 Å². The Bertz CT molecular complexity index is 839. The number of aryl methyl sites for hydroxylation is 1. The molecule has 0 amide bonds. The van der Waals surface area contributed by atoms with Gasteiger partial charge in [0.2, 0.25) is 0 Å². The molecule has 106 valence electrons. The molecule has 0 radical (unpaired) electrons. The lowest BCUT2D eigenvalue weighted by molar-refractivity contribution is 0.0600. The van der Waals surface area contributed by atoms with Crippen LogP contribution in [0.15, 0.2) is 42.7 Å². The third-order valence-electron chi connectivity index (χ3n) is 3.33. The Morgan fingerprint density at radius 3 is 2.76 bits per heavy atom. The van der Waals surface area contributed by atoms with Crippen molar-refractivity contribution in [2.45, 2.75) is 6.92 Å². The van der Waals surface area contributed by atoms with E-state index in [-0.39, 0.29) is 5.97 Å². The molecular weight excluding hydrogens is 288 g/mol. The first-order valence-electron chi connectivity index (χ1n) is 6.42. The van der Waals surface area contributed by atoms with Crippen molar-refractivity contribution < 1.29 is 9.53 Å². The normalized spacial score (nSPS) is 10.8. The second kappa shape index (κ2) is 5.22. The molecule has 3 aromatic rings. The van der Waals surface area contributed by atoms with Crippen LogP contribution in [-0.4, -0.2) is 22.5 Å². The highest BCUT2D eigenvalue weighted by atomic mass is 35.5. The minimum absolute atomic E-state index is 0.366. The first kappa shape index (κ1) is 13.6. The summed E-state index contributed by atoms with van der Waals surface area (Å²) in [6, 6.07) is 9.27. The van der Waals surface area contributed by atoms with Gasteiger partial charge in [0.1, 0.15) is 5.65 Å². The summed E-state index contributed by atoms with van der Waals surface area (Å²) in [4.78, 5) is 16.1. The standard InChI is InChI=1S/C16H13ClN2O2/c1-10-7-11(3-5-13(10)17)14-9-19-8-12(16(20)21-2)4-6-15(19)18-14/h3-9H,1-2H3. The largest absolute Gasteiger partial charge is 0.465 e. The first-order valence-corrected chi connectivity index (χ1v) is 6.80. The maximum absolute atomic E-state index is 11.5. The second-order valence-corrected chi connectivity index (χ2v) is 5.17. The lowest BCUT2D eigenvalue weighted by Gasteiger charge is -2.00. The highest BCUT2D eigenvalue weighted by molar-refractivity contribution is 6.31. The van der Waals surface area contributed by atoms with Crippen molar-refractivity contribution in [2.75, 3.05) is 7.11 Å². The maximum atomic E-state index is 11.5. The number of rotatable bonds is 2. The molecule has 2 aromatic heterocycles. The molecule has 0 saturated heterocycles. The number of imidazole rings is 1. The molecule has 0 atom stereocenters. The van der Waals surface area contributed by atoms with Gasteiger partial charge in [-0.2, -0.15) is 0 Å². The van der Waals surface area contributed by atoms with Crippen molar-refractivity contribution >= 4 is 23.2 Å². The van der Waals surface area contributed by atoms with Crippen LogP contribution in [0.2, 0.25) is 5.02 Å². The van der Waals surface area contributed by atoms with E-state index in [1.54, 1.807) is 18.3 Å². The van der Waals surface area contributed by atoms with Crippen LogP contribution >= 0.6 is 11.6 Å². The van der Waals surface area contributed by atoms with Crippen LogP contribution in [-0.2, 0) is 4.74 Å². The molecule has 1 aromatic carbocycles. The van der Waals surface area contributed by atoms with Gasteiger partial charge >= 0.3 is 5.97 Å². The molecular formula is C16H13ClN2O2. The molecule has 0 aliphatic rings. The van der Waals surface area contributed by atoms with Crippen LogP contribution in [0, 0.1) is 6.92 Å². The highest BCUT2D eigenvalue weighted by Gasteiger charge is 2.09. The molecule has 0 N–H and O–H groups in total. The number of carbonyl (C=O) groups is 1. The van der Waals surface area contributed by atoms with Crippen LogP contribution in [0.1, 0.15) is 15.9 Å². The van der Waals surface area contributed by atoms with Gasteiger partial charge in [-0.15, -0.1) is 0 Å². The Hall–Kier alpha value is -2.33. The fourth-order valence-electron chi connectivity index (χ4n) is 2.17. The fourth-order valence-corrected chi connectivity index (χ4v) is 2.29. The average molecular weight is 301 g/mol. The predicted molar refractivity (Wildman–Crippen MR) is 81.7 cm³/mol. The fraction of sp³-hybridized carbons (Fsp3) is 0.125. The van der Waals surface area contributed by atoms with E-state index in [1.165, 1.54) is 7.11 Å². The Balaban J connectivity index is 2.08. The van der Waals surface area contributed by atoms with Crippen LogP contribution in [0.5, 0.6) is 0 Å². The lowest BCUT2D eigenvalue weighted by Crippen LogP contribution is -2.02. The monoisotopic (exact) mass is 300 g/mol. The zero-order valence-electron chi connectivity index (χ0n) is 11.6. The molecule has 0 fully saturated rings. The molecule has 5 heteroatoms. The Labute approximate surface area is 126 Å². The summed E-state index contributed by atoms with van der Waals surface area (Å²) < 4.78 is 6.53. The molecule has 0 aliphatic carbocycles. The SMILES string of the molecule is COC(=O)c1ccc2nc(-c3ccc(Cl)c(C)c3)cn2c1. The summed E-state index contributed by atoms with van der Waals surface area (Å²) in [5.41, 5.74) is 4.07. The number of aromatic nitrogens is 2. The number of hydrogen-bond acceptors (Lipinski definition) is 3. The summed E-state index contributed by atoms with van der Waals surface area (Å²) in [5.74, 6) is -0.366. The molecule has 4 nitrogen and oxygen atoms in total. The summed E-state index contributed by atoms with van der Waals surface area (Å²) in [5, 5.41) is 0.732. The molecule has 21 heavy (non-hydrogen) atoms. The van der Waals surface area contributed by atoms with Crippen LogP contribution in [0.3, 0.4) is 0 Å². The van der Waals surface area contributed by atoms with Crippen LogP contribution < -0.4 is 0 Å². The van der Waals surface area contributed by atoms with E-state index in [1.807, 2.05) is 35.7 Å². The van der Waals surface area contributed by atoms with Gasteiger partial charge in [-0.3, -0.25) is 0 Å². The molecule has 2 heterocycles. The van der Waals surface area contributed by atoms with Gasteiger partial charge in [0.05, 0.1) is 18.4 Å². The molecule has 0 saturated carbocycles. The van der Waals surface area contributed by atoms with Crippen LogP contribution in [0.25, 0.3) is 16.9 Å². The van der Waals surface area contributed by atoms with E-state index in [2.05, 4.69) is 4.98 Å². The Morgan fingerprint density at radius 1 is 1.24 bits per heavy atom. The predicted octanol–water partition coefficient (Wildman–Crippen LogP) is 3.75. The molecule has 0 aliphatic heterocycles. The van der Waals surface area contributed by atoms with Gasteiger partial charge in [-0.25, -0.2) is 9.78 Å². The molecule has 0 bridgehead atoms. The summed E-state index contributed by atoms with van der Waals surface area (Å²) >= 11 is 6.04. The van der Waals surface area contributed by atoms with Crippen molar-refractivity contribution in [1.82, 2.24) is 9.38 Å². The number of fused-ring (bicyclic) bond motifs is 1. The van der Waals surface area contributed by atoms with E-state index < -0.39 is 0 Å². The number of hydrogen-bond donors (Lipinski definition) is 0. The summed E-state index contributed by atoms with van der Waals surface area (Å²) in [6.07, 6.45) is 3.59. The molecule has 3 rings (SSSR count). The number of esters is 1. The van der Waals surface area contributed by atoms with Gasteiger partial charge in [0.15, 0.2) is 0 Å². The number of ether oxygens (including phenoxy) is 1. The number of halogens is 1. The van der Waals surface area contributed by atoms with E-state index in [4.69, 9.17) is 16.3 Å². The topological polar surface area (TPSA) is 43.6 Å². The van der Waals surface area contributed by atoms with Crippen LogP contribution in [0.4, 0.5) is 0 Å². The maximum Gasteiger partial charge on any atom is 0.339 e. The lowest BCUT2D eigenvalue weighted by atomic mass is 10.1. The smallest absolute Gasteiger partial charge is 0.339 e. The van der Waals surface area contributed by atoms with Gasteiger partial charge in [0, 0.05) is 23.0 Å². The van der Waals surface area contributed by atoms with Crippen molar-refractivity contribution in [3.8, 4) is 11.3 Å². The second-order valence-electron chi connectivity index (χ2n) is 4.76. The molecule has 0 unspecified atom stereocenters. The van der Waals surface area contributed by atoms with E-state index >= 15 is 0 Å². The molecule has 0 spiro atoms. The third kappa shape index (κ3) is 2.50. The zero-order valence-corrected chi connectivity index (χ0v) is 12.4. The van der Waals surface area contributed by atoms with Gasteiger partial charge in [-0.1, -0.05) is 17.7 Å². The first-order chi connectivity index (χ1) is 10.1. The van der Waals surface area contributed by atoms with Gasteiger partial charge < -0.3 is 9.14 Å². The Morgan fingerprint density at radius 2 is 2.05 bits per heavy atom. The van der Waals surface area contributed by atoms with Gasteiger partial charge in [0.25, 0.3) is 0 Å². The van der Waals surface area contributed by atoms with Gasteiger partial charge in [-0.05, 0) is 36.8 Å². The zero-order chi connectivity index (χ0) is 15.0. The van der Waals surface area contributed by atoms with Crippen molar-refractivity contribution in [3.63, 3.8) is 0 Å². The quantitative estimate of drug-likeness (QED) is 0.677. The number of nitrogens with zero attached hydrogens (tertiary/aromatic N) is 2. The van der Waals surface area contributed by atoms with Crippen molar-refractivity contribution in [2.24, 2.45) is 0 Å². The number of carbonyl (C=O) groups excluding carboxylic acids is 1. The van der Waals surface area contributed by atoms with E-state index in [0.29, 0.717) is 5.56 Å².